The third kappa shape index (κ3) is 5.15. The molecule has 26 heavy (non-hydrogen) atoms. The van der Waals surface area contributed by atoms with Gasteiger partial charge in [-0.25, -0.2) is 14.8 Å². The van der Waals surface area contributed by atoms with Crippen LogP contribution in [0.25, 0.3) is 0 Å². The van der Waals surface area contributed by atoms with Crippen LogP contribution in [0.1, 0.15) is 29.8 Å². The van der Waals surface area contributed by atoms with Crippen LogP contribution in [0, 0.1) is 0 Å². The van der Waals surface area contributed by atoms with Gasteiger partial charge in [-0.05, 0) is 31.5 Å². The quantitative estimate of drug-likeness (QED) is 0.540. The van der Waals surface area contributed by atoms with Gasteiger partial charge in [0.1, 0.15) is 17.1 Å². The van der Waals surface area contributed by atoms with E-state index in [2.05, 4.69) is 15.3 Å². The molecule has 9 heteroatoms. The molecule has 140 valence electrons. The van der Waals surface area contributed by atoms with Gasteiger partial charge in [0.25, 0.3) is 0 Å². The minimum Gasteiger partial charge on any atom is -0.492 e. The van der Waals surface area contributed by atoms with Gasteiger partial charge in [-0.2, -0.15) is 0 Å². The Bertz CT molecular complexity index is 817. The Labute approximate surface area is 159 Å². The SMILES string of the molecule is CCOC(=O)c1cnc(S(C)=O)nc1NCc1ccc(OCC)c(Cl)c1. The molecule has 0 spiro atoms. The minimum atomic E-state index is -1.37. The Hall–Kier alpha value is -2.19. The smallest absolute Gasteiger partial charge is 0.343 e. The molecule has 1 heterocycles. The summed E-state index contributed by atoms with van der Waals surface area (Å²) in [6.07, 6.45) is 2.78. The second-order valence-corrected chi connectivity index (χ2v) is 6.82. The highest BCUT2D eigenvalue weighted by Crippen LogP contribution is 2.26. The first-order chi connectivity index (χ1) is 12.5. The van der Waals surface area contributed by atoms with Gasteiger partial charge in [0.2, 0.25) is 5.16 Å². The lowest BCUT2D eigenvalue weighted by atomic mass is 10.2. The van der Waals surface area contributed by atoms with Crippen LogP contribution >= 0.6 is 11.6 Å². The van der Waals surface area contributed by atoms with Crippen molar-refractivity contribution < 1.29 is 18.5 Å². The number of esters is 1. The number of hydrogen-bond donors (Lipinski definition) is 1. The summed E-state index contributed by atoms with van der Waals surface area (Å²) in [5.74, 6) is 0.317. The molecule has 0 aliphatic heterocycles. The normalized spacial score (nSPS) is 11.7. The molecule has 1 unspecified atom stereocenters. The Balaban J connectivity index is 2.23. The first kappa shape index (κ1) is 20.1. The average molecular weight is 398 g/mol. The van der Waals surface area contributed by atoms with Crippen LogP contribution in [0.2, 0.25) is 5.02 Å². The number of hydrogen-bond acceptors (Lipinski definition) is 7. The van der Waals surface area contributed by atoms with Crippen molar-refractivity contribution in [3.05, 3.63) is 40.5 Å². The zero-order valence-corrected chi connectivity index (χ0v) is 16.3. The summed E-state index contributed by atoms with van der Waals surface area (Å²) >= 11 is 6.19. The molecular formula is C17H20ClN3O4S. The third-order valence-corrected chi connectivity index (χ3v) is 4.28. The van der Waals surface area contributed by atoms with Gasteiger partial charge in [0.05, 0.1) is 29.0 Å². The van der Waals surface area contributed by atoms with Crippen molar-refractivity contribution in [3.63, 3.8) is 0 Å². The summed E-state index contributed by atoms with van der Waals surface area (Å²) in [6.45, 7) is 4.70. The molecule has 1 N–H and O–H groups in total. The molecule has 7 nitrogen and oxygen atoms in total. The highest BCUT2D eigenvalue weighted by atomic mass is 35.5. The van der Waals surface area contributed by atoms with E-state index in [1.165, 1.54) is 12.5 Å². The molecule has 0 bridgehead atoms. The van der Waals surface area contributed by atoms with E-state index < -0.39 is 16.8 Å². The second-order valence-electron chi connectivity index (χ2n) is 5.14. The molecule has 2 aromatic rings. The van der Waals surface area contributed by atoms with Crippen LogP contribution in [-0.2, 0) is 22.1 Å². The van der Waals surface area contributed by atoms with Crippen molar-refractivity contribution in [3.8, 4) is 5.75 Å². The fourth-order valence-corrected chi connectivity index (χ4v) is 2.79. The molecule has 1 aromatic heterocycles. The number of anilines is 1. The zero-order chi connectivity index (χ0) is 19.1. The molecule has 0 radical (unpaired) electrons. The molecule has 0 aliphatic carbocycles. The molecular weight excluding hydrogens is 378 g/mol. The van der Waals surface area contributed by atoms with Crippen LogP contribution in [0.5, 0.6) is 5.75 Å². The molecule has 0 saturated carbocycles. The van der Waals surface area contributed by atoms with Crippen molar-refractivity contribution in [2.24, 2.45) is 0 Å². The van der Waals surface area contributed by atoms with E-state index in [1.807, 2.05) is 13.0 Å². The van der Waals surface area contributed by atoms with Crippen molar-refractivity contribution in [2.75, 3.05) is 24.8 Å². The number of rotatable bonds is 8. The number of nitrogens with one attached hydrogen (secondary N) is 1. The van der Waals surface area contributed by atoms with E-state index in [9.17, 15) is 9.00 Å². The number of ether oxygens (including phenoxy) is 2. The molecule has 1 atom stereocenters. The van der Waals surface area contributed by atoms with Crippen LogP contribution in [0.3, 0.4) is 0 Å². The maximum absolute atomic E-state index is 12.1. The van der Waals surface area contributed by atoms with Gasteiger partial charge < -0.3 is 14.8 Å². The number of aromatic nitrogens is 2. The van der Waals surface area contributed by atoms with Crippen LogP contribution < -0.4 is 10.1 Å². The largest absolute Gasteiger partial charge is 0.492 e. The van der Waals surface area contributed by atoms with Crippen LogP contribution in [0.4, 0.5) is 5.82 Å². The minimum absolute atomic E-state index is 0.130. The number of nitrogens with zero attached hydrogens (tertiary/aromatic N) is 2. The van der Waals surface area contributed by atoms with E-state index in [-0.39, 0.29) is 23.1 Å². The van der Waals surface area contributed by atoms with Crippen LogP contribution in [0.15, 0.2) is 29.6 Å². The maximum Gasteiger partial charge on any atom is 0.343 e. The van der Waals surface area contributed by atoms with Gasteiger partial charge in [-0.3, -0.25) is 4.21 Å². The summed E-state index contributed by atoms with van der Waals surface area (Å²) in [5, 5.41) is 3.68. The third-order valence-electron chi connectivity index (χ3n) is 3.28. The first-order valence-corrected chi connectivity index (χ1v) is 9.92. The van der Waals surface area contributed by atoms with E-state index >= 15 is 0 Å². The van der Waals surface area contributed by atoms with Gasteiger partial charge >= 0.3 is 5.97 Å². The topological polar surface area (TPSA) is 90.4 Å². The summed E-state index contributed by atoms with van der Waals surface area (Å²) in [6, 6.07) is 5.40. The summed E-state index contributed by atoms with van der Waals surface area (Å²) < 4.78 is 22.0. The standard InChI is InChI=1S/C17H20ClN3O4S/c1-4-24-14-7-6-11(8-13(14)18)9-19-15-12(16(22)25-5-2)10-20-17(21-15)26(3)23/h6-8,10H,4-5,9H2,1-3H3,(H,19,20,21). The highest BCUT2D eigenvalue weighted by molar-refractivity contribution is 7.84. The second kappa shape index (κ2) is 9.49. The number of benzene rings is 1. The Morgan fingerprint density at radius 3 is 2.69 bits per heavy atom. The predicted molar refractivity (Wildman–Crippen MR) is 100 cm³/mol. The lowest BCUT2D eigenvalue weighted by molar-refractivity contribution is 0.0526. The fraction of sp³-hybridized carbons (Fsp3) is 0.353. The first-order valence-electron chi connectivity index (χ1n) is 7.98. The van der Waals surface area contributed by atoms with Crippen molar-refractivity contribution >= 4 is 34.2 Å². The molecule has 0 saturated heterocycles. The Kier molecular flexibility index (Phi) is 7.35. The van der Waals surface area contributed by atoms with Crippen molar-refractivity contribution in [1.29, 1.82) is 0 Å². The molecule has 0 fully saturated rings. The van der Waals surface area contributed by atoms with Crippen molar-refractivity contribution in [2.45, 2.75) is 25.5 Å². The number of carbonyl (C=O) groups is 1. The van der Waals surface area contributed by atoms with Gasteiger partial charge in [-0.1, -0.05) is 17.7 Å². The summed E-state index contributed by atoms with van der Waals surface area (Å²) in [5.41, 5.74) is 1.05. The van der Waals surface area contributed by atoms with E-state index in [0.717, 1.165) is 5.56 Å². The number of carbonyl (C=O) groups excluding carboxylic acids is 1. The summed E-state index contributed by atoms with van der Waals surface area (Å²) in [4.78, 5) is 20.2. The fourth-order valence-electron chi connectivity index (χ4n) is 2.11. The van der Waals surface area contributed by atoms with Crippen LogP contribution in [-0.4, -0.2) is 39.6 Å². The lowest BCUT2D eigenvalue weighted by Gasteiger charge is -2.12. The highest BCUT2D eigenvalue weighted by Gasteiger charge is 2.17. The van der Waals surface area contributed by atoms with E-state index in [4.69, 9.17) is 21.1 Å². The van der Waals surface area contributed by atoms with Gasteiger partial charge in [0, 0.05) is 19.0 Å². The molecule has 2 rings (SSSR count). The molecule has 0 amide bonds. The maximum atomic E-state index is 12.1. The van der Waals surface area contributed by atoms with Gasteiger partial charge in [0.15, 0.2) is 0 Å². The van der Waals surface area contributed by atoms with E-state index in [0.29, 0.717) is 23.9 Å². The molecule has 0 aliphatic rings. The predicted octanol–water partition coefficient (Wildman–Crippen LogP) is 3.05. The monoisotopic (exact) mass is 397 g/mol. The zero-order valence-electron chi connectivity index (χ0n) is 14.7. The van der Waals surface area contributed by atoms with Gasteiger partial charge in [-0.15, -0.1) is 0 Å². The Morgan fingerprint density at radius 1 is 1.31 bits per heavy atom. The average Bonchev–Trinajstić information content (AvgIpc) is 2.62. The number of halogens is 1. The molecule has 1 aromatic carbocycles. The van der Waals surface area contributed by atoms with Crippen molar-refractivity contribution in [1.82, 2.24) is 9.97 Å². The Morgan fingerprint density at radius 2 is 2.08 bits per heavy atom. The lowest BCUT2D eigenvalue weighted by Crippen LogP contribution is -2.14. The summed E-state index contributed by atoms with van der Waals surface area (Å²) in [7, 11) is -1.37. The van der Waals surface area contributed by atoms with E-state index in [1.54, 1.807) is 19.1 Å².